The Morgan fingerprint density at radius 2 is 0.968 bits per heavy atom. The maximum absolute atomic E-state index is 5.56. The van der Waals surface area contributed by atoms with E-state index in [2.05, 4.69) is 85.0 Å². The van der Waals surface area contributed by atoms with Crippen molar-refractivity contribution in [1.29, 1.82) is 0 Å². The molecule has 1 nitrogen and oxygen atoms in total. The lowest BCUT2D eigenvalue weighted by atomic mass is 9.93. The molecule has 0 bridgehead atoms. The molecule has 0 saturated carbocycles. The summed E-state index contributed by atoms with van der Waals surface area (Å²) in [6.45, 7) is 0.849. The van der Waals surface area contributed by atoms with Crippen molar-refractivity contribution in [3.8, 4) is 0 Å². The zero-order valence-electron chi connectivity index (χ0n) is 19.4. The van der Waals surface area contributed by atoms with Crippen LogP contribution in [0.15, 0.2) is 72.8 Å². The molecule has 0 aliphatic heterocycles. The van der Waals surface area contributed by atoms with Gasteiger partial charge < -0.3 is 5.73 Å². The molecule has 2 aromatic rings. The van der Waals surface area contributed by atoms with Gasteiger partial charge >= 0.3 is 0 Å². The minimum absolute atomic E-state index is 0.733. The standard InChI is InChI=1S/C30H43N/c31-27-15-7-5-3-1-2-4-6-10-18-30(25-16-23-28-19-11-8-12-20-28)26-17-24-29-21-13-9-14-22-29/h8-9,11-14,16-17,19-24,30H,1-7,10,15,18,25-27,31H2. The fraction of sp³-hybridized carbons (Fsp3) is 0.467. The lowest BCUT2D eigenvalue weighted by molar-refractivity contribution is 0.457. The molecule has 1 heteroatoms. The van der Waals surface area contributed by atoms with Gasteiger partial charge in [0.25, 0.3) is 0 Å². The van der Waals surface area contributed by atoms with Gasteiger partial charge in [0, 0.05) is 0 Å². The van der Waals surface area contributed by atoms with E-state index in [0.717, 1.165) is 25.3 Å². The normalized spacial score (nSPS) is 12.7. The number of benzene rings is 2. The van der Waals surface area contributed by atoms with Crippen LogP contribution >= 0.6 is 0 Å². The highest BCUT2D eigenvalue weighted by Gasteiger charge is 2.05. The Bertz CT molecular complexity index is 650. The summed E-state index contributed by atoms with van der Waals surface area (Å²) in [6, 6.07) is 21.3. The first kappa shape index (κ1) is 25.1. The van der Waals surface area contributed by atoms with Crippen molar-refractivity contribution >= 4 is 12.2 Å². The van der Waals surface area contributed by atoms with Crippen LogP contribution < -0.4 is 5.73 Å². The highest BCUT2D eigenvalue weighted by Crippen LogP contribution is 2.21. The van der Waals surface area contributed by atoms with E-state index in [0.29, 0.717) is 0 Å². The summed E-state index contributed by atoms with van der Waals surface area (Å²) in [5, 5.41) is 0. The fourth-order valence-corrected chi connectivity index (χ4v) is 4.07. The van der Waals surface area contributed by atoms with E-state index in [1.54, 1.807) is 0 Å². The molecule has 2 rings (SSSR count). The second-order valence-electron chi connectivity index (χ2n) is 8.72. The number of rotatable bonds is 17. The summed E-state index contributed by atoms with van der Waals surface area (Å²) in [4.78, 5) is 0. The number of nitrogens with two attached hydrogens (primary N) is 1. The Morgan fingerprint density at radius 1 is 0.548 bits per heavy atom. The third-order valence-electron chi connectivity index (χ3n) is 5.98. The molecule has 0 spiro atoms. The van der Waals surface area contributed by atoms with Crippen molar-refractivity contribution in [2.24, 2.45) is 11.7 Å². The van der Waals surface area contributed by atoms with Crippen LogP contribution in [0.1, 0.15) is 88.2 Å². The fourth-order valence-electron chi connectivity index (χ4n) is 4.07. The zero-order chi connectivity index (χ0) is 21.8. The van der Waals surface area contributed by atoms with Crippen molar-refractivity contribution in [3.05, 3.63) is 83.9 Å². The predicted molar refractivity (Wildman–Crippen MR) is 139 cm³/mol. The van der Waals surface area contributed by atoms with Crippen LogP contribution in [0.3, 0.4) is 0 Å². The monoisotopic (exact) mass is 417 g/mol. The van der Waals surface area contributed by atoms with Crippen molar-refractivity contribution in [1.82, 2.24) is 0 Å². The first-order chi connectivity index (χ1) is 15.4. The average Bonchev–Trinajstić information content (AvgIpc) is 2.81. The van der Waals surface area contributed by atoms with Crippen molar-refractivity contribution in [2.75, 3.05) is 6.54 Å². The van der Waals surface area contributed by atoms with E-state index in [1.807, 2.05) is 0 Å². The van der Waals surface area contributed by atoms with E-state index in [9.17, 15) is 0 Å². The Balaban J connectivity index is 1.69. The Morgan fingerprint density at radius 3 is 1.42 bits per heavy atom. The largest absolute Gasteiger partial charge is 0.330 e. The quantitative estimate of drug-likeness (QED) is 0.256. The van der Waals surface area contributed by atoms with Gasteiger partial charge in [-0.25, -0.2) is 0 Å². The molecule has 0 radical (unpaired) electrons. The van der Waals surface area contributed by atoms with Gasteiger partial charge in [0.05, 0.1) is 0 Å². The average molecular weight is 418 g/mol. The van der Waals surface area contributed by atoms with Gasteiger partial charge in [0.1, 0.15) is 0 Å². The van der Waals surface area contributed by atoms with Crippen LogP contribution in [0.5, 0.6) is 0 Å². The van der Waals surface area contributed by atoms with Crippen LogP contribution in [0.4, 0.5) is 0 Å². The molecule has 168 valence electrons. The minimum Gasteiger partial charge on any atom is -0.330 e. The number of hydrogen-bond acceptors (Lipinski definition) is 1. The summed E-state index contributed by atoms with van der Waals surface area (Å²) in [5.41, 5.74) is 8.16. The van der Waals surface area contributed by atoms with Crippen LogP contribution in [0.2, 0.25) is 0 Å². The van der Waals surface area contributed by atoms with Crippen molar-refractivity contribution in [3.63, 3.8) is 0 Å². The Kier molecular flexibility index (Phi) is 14.2. The van der Waals surface area contributed by atoms with Crippen LogP contribution in [-0.2, 0) is 0 Å². The molecule has 0 aliphatic rings. The summed E-state index contributed by atoms with van der Waals surface area (Å²) in [5.74, 6) is 0.733. The second-order valence-corrected chi connectivity index (χ2v) is 8.72. The van der Waals surface area contributed by atoms with E-state index >= 15 is 0 Å². The third-order valence-corrected chi connectivity index (χ3v) is 5.98. The van der Waals surface area contributed by atoms with Gasteiger partial charge in [-0.2, -0.15) is 0 Å². The van der Waals surface area contributed by atoms with Gasteiger partial charge in [-0.1, -0.05) is 136 Å². The van der Waals surface area contributed by atoms with Crippen LogP contribution in [-0.4, -0.2) is 6.54 Å². The van der Waals surface area contributed by atoms with Gasteiger partial charge in [-0.15, -0.1) is 0 Å². The molecular weight excluding hydrogens is 374 g/mol. The maximum atomic E-state index is 5.56. The van der Waals surface area contributed by atoms with E-state index in [1.165, 1.54) is 75.3 Å². The van der Waals surface area contributed by atoms with Gasteiger partial charge in [0.2, 0.25) is 0 Å². The summed E-state index contributed by atoms with van der Waals surface area (Å²) < 4.78 is 0. The molecule has 0 atom stereocenters. The van der Waals surface area contributed by atoms with Crippen LogP contribution in [0.25, 0.3) is 12.2 Å². The van der Waals surface area contributed by atoms with E-state index in [4.69, 9.17) is 5.73 Å². The molecule has 31 heavy (non-hydrogen) atoms. The Labute approximate surface area is 191 Å². The molecular formula is C30H43N. The highest BCUT2D eigenvalue weighted by molar-refractivity contribution is 5.49. The first-order valence-corrected chi connectivity index (χ1v) is 12.5. The molecule has 0 unspecified atom stereocenters. The smallest absolute Gasteiger partial charge is 0.00773 e. The lowest BCUT2D eigenvalue weighted by Gasteiger charge is -2.13. The maximum Gasteiger partial charge on any atom is -0.00773 e. The molecule has 0 fully saturated rings. The highest BCUT2D eigenvalue weighted by atomic mass is 14.5. The predicted octanol–water partition coefficient (Wildman–Crippen LogP) is 8.67. The van der Waals surface area contributed by atoms with Crippen molar-refractivity contribution in [2.45, 2.75) is 77.0 Å². The topological polar surface area (TPSA) is 26.0 Å². The summed E-state index contributed by atoms with van der Waals surface area (Å²) in [7, 11) is 0. The van der Waals surface area contributed by atoms with Gasteiger partial charge in [0.15, 0.2) is 0 Å². The summed E-state index contributed by atoms with van der Waals surface area (Å²) >= 11 is 0. The number of allylic oxidation sites excluding steroid dienone is 2. The molecule has 0 aliphatic carbocycles. The number of hydrogen-bond donors (Lipinski definition) is 1. The molecule has 0 amide bonds. The van der Waals surface area contributed by atoms with Crippen LogP contribution in [0, 0.1) is 5.92 Å². The SMILES string of the molecule is NCCCCCCCCCCCC(CC=Cc1ccccc1)CC=Cc1ccccc1. The molecule has 2 aromatic carbocycles. The first-order valence-electron chi connectivity index (χ1n) is 12.5. The number of unbranched alkanes of at least 4 members (excludes halogenated alkanes) is 8. The van der Waals surface area contributed by atoms with Gasteiger partial charge in [-0.3, -0.25) is 0 Å². The molecule has 0 saturated heterocycles. The lowest BCUT2D eigenvalue weighted by Crippen LogP contribution is -1.98. The third kappa shape index (κ3) is 13.0. The van der Waals surface area contributed by atoms with Crippen molar-refractivity contribution < 1.29 is 0 Å². The molecule has 2 N–H and O–H groups in total. The van der Waals surface area contributed by atoms with Gasteiger partial charge in [-0.05, 0) is 49.3 Å². The zero-order valence-corrected chi connectivity index (χ0v) is 19.4. The van der Waals surface area contributed by atoms with E-state index in [-0.39, 0.29) is 0 Å². The molecule has 0 heterocycles. The summed E-state index contributed by atoms with van der Waals surface area (Å²) in [6.07, 6.45) is 25.1. The minimum atomic E-state index is 0.733. The van der Waals surface area contributed by atoms with E-state index < -0.39 is 0 Å². The second kappa shape index (κ2) is 17.5. The Hall–Kier alpha value is -2.12. The molecule has 0 aromatic heterocycles.